The molecule has 0 fully saturated rings. The summed E-state index contributed by atoms with van der Waals surface area (Å²) in [4.78, 5) is 24.1. The van der Waals surface area contributed by atoms with E-state index in [0.717, 1.165) is 12.1 Å². The number of hydrogen-bond acceptors (Lipinski definition) is 2. The van der Waals surface area contributed by atoms with Crippen LogP contribution in [0.25, 0.3) is 10.9 Å². The number of rotatable bonds is 1. The third kappa shape index (κ3) is 1.55. The van der Waals surface area contributed by atoms with Crippen LogP contribution < -0.4 is 5.56 Å². The lowest BCUT2D eigenvalue weighted by Crippen LogP contribution is -2.17. The van der Waals surface area contributed by atoms with Gasteiger partial charge in [-0.05, 0) is 18.2 Å². The Balaban J connectivity index is 2.95. The van der Waals surface area contributed by atoms with Gasteiger partial charge in [-0.15, -0.1) is 0 Å². The lowest BCUT2D eigenvalue weighted by atomic mass is 10.1. The first-order valence-electron chi connectivity index (χ1n) is 4.25. The predicted octanol–water partition coefficient (Wildman–Crippen LogP) is 2.02. The number of aromatic amines is 1. The second kappa shape index (κ2) is 3.61. The van der Waals surface area contributed by atoms with Crippen molar-refractivity contribution in [3.05, 3.63) is 45.0 Å². The summed E-state index contributed by atoms with van der Waals surface area (Å²) in [6, 6.07) is 3.45. The molecular formula is C10H5ClFNO3. The average Bonchev–Trinajstić information content (AvgIpc) is 2.23. The summed E-state index contributed by atoms with van der Waals surface area (Å²) in [5.74, 6) is -2.04. The van der Waals surface area contributed by atoms with Crippen LogP contribution in [0.3, 0.4) is 0 Å². The molecule has 2 rings (SSSR count). The Morgan fingerprint density at radius 1 is 1.44 bits per heavy atom. The smallest absolute Gasteiger partial charge is 0.341 e. The standard InChI is InChI=1S/C10H5ClFNO3/c11-6-1-2-7(12)8-4(6)3-5(10(15)16)9(14)13-8/h1-3H,(H,13,14)(H,15,16). The van der Waals surface area contributed by atoms with Crippen molar-refractivity contribution in [1.82, 2.24) is 4.98 Å². The highest BCUT2D eigenvalue weighted by Crippen LogP contribution is 2.23. The van der Waals surface area contributed by atoms with Crippen LogP contribution in [0, 0.1) is 5.82 Å². The Kier molecular flexibility index (Phi) is 2.40. The number of carboxylic acids is 1. The molecule has 0 aliphatic heterocycles. The fourth-order valence-corrected chi connectivity index (χ4v) is 1.60. The summed E-state index contributed by atoms with van der Waals surface area (Å²) in [6.07, 6.45) is 0. The Morgan fingerprint density at radius 2 is 2.12 bits per heavy atom. The highest BCUT2D eigenvalue weighted by molar-refractivity contribution is 6.35. The lowest BCUT2D eigenvalue weighted by Gasteiger charge is -2.02. The van der Waals surface area contributed by atoms with E-state index in [0.29, 0.717) is 0 Å². The molecule has 6 heteroatoms. The normalized spacial score (nSPS) is 10.6. The second-order valence-corrected chi connectivity index (χ2v) is 3.54. The van der Waals surface area contributed by atoms with Crippen LogP contribution >= 0.6 is 11.6 Å². The molecule has 0 amide bonds. The van der Waals surface area contributed by atoms with Gasteiger partial charge in [-0.3, -0.25) is 4.79 Å². The molecule has 0 saturated heterocycles. The highest BCUT2D eigenvalue weighted by Gasteiger charge is 2.13. The van der Waals surface area contributed by atoms with Gasteiger partial charge in [0.1, 0.15) is 11.4 Å². The number of aromatic nitrogens is 1. The molecule has 2 N–H and O–H groups in total. The van der Waals surface area contributed by atoms with Gasteiger partial charge in [0, 0.05) is 5.39 Å². The molecule has 1 aromatic heterocycles. The minimum absolute atomic E-state index is 0.0949. The topological polar surface area (TPSA) is 70.2 Å². The number of carboxylic acid groups (broad SMARTS) is 1. The SMILES string of the molecule is O=C(O)c1cc2c(Cl)ccc(F)c2[nH]c1=O. The van der Waals surface area contributed by atoms with Crippen molar-refractivity contribution in [1.29, 1.82) is 0 Å². The van der Waals surface area contributed by atoms with Gasteiger partial charge < -0.3 is 10.1 Å². The van der Waals surface area contributed by atoms with Gasteiger partial charge in [-0.1, -0.05) is 11.6 Å². The summed E-state index contributed by atoms with van der Waals surface area (Å²) < 4.78 is 13.3. The highest BCUT2D eigenvalue weighted by atomic mass is 35.5. The van der Waals surface area contributed by atoms with E-state index in [1.807, 2.05) is 0 Å². The molecule has 0 aliphatic carbocycles. The van der Waals surface area contributed by atoms with E-state index >= 15 is 0 Å². The first kappa shape index (κ1) is 10.6. The summed E-state index contributed by atoms with van der Waals surface area (Å²) in [7, 11) is 0. The molecule has 0 bridgehead atoms. The van der Waals surface area contributed by atoms with Crippen molar-refractivity contribution >= 4 is 28.5 Å². The van der Waals surface area contributed by atoms with Crippen LogP contribution in [0.4, 0.5) is 4.39 Å². The molecule has 2 aromatic rings. The van der Waals surface area contributed by atoms with Crippen LogP contribution in [0.2, 0.25) is 5.02 Å². The molecular weight excluding hydrogens is 237 g/mol. The molecule has 0 spiro atoms. The number of hydrogen-bond donors (Lipinski definition) is 2. The number of carbonyl (C=O) groups is 1. The molecule has 0 atom stereocenters. The van der Waals surface area contributed by atoms with Crippen LogP contribution in [0.1, 0.15) is 10.4 Å². The third-order valence-electron chi connectivity index (χ3n) is 2.14. The zero-order valence-electron chi connectivity index (χ0n) is 7.75. The van der Waals surface area contributed by atoms with Crippen LogP contribution in [-0.4, -0.2) is 16.1 Å². The molecule has 0 saturated carbocycles. The number of aromatic carboxylic acids is 1. The van der Waals surface area contributed by atoms with Crippen LogP contribution in [-0.2, 0) is 0 Å². The van der Waals surface area contributed by atoms with E-state index in [1.54, 1.807) is 0 Å². The van der Waals surface area contributed by atoms with Gasteiger partial charge in [0.25, 0.3) is 5.56 Å². The van der Waals surface area contributed by atoms with Crippen LogP contribution in [0.5, 0.6) is 0 Å². The van der Waals surface area contributed by atoms with E-state index in [9.17, 15) is 14.0 Å². The van der Waals surface area contributed by atoms with Gasteiger partial charge in [-0.25, -0.2) is 9.18 Å². The largest absolute Gasteiger partial charge is 0.477 e. The monoisotopic (exact) mass is 241 g/mol. The third-order valence-corrected chi connectivity index (χ3v) is 2.47. The summed E-state index contributed by atoms with van der Waals surface area (Å²) in [6.45, 7) is 0. The van der Waals surface area contributed by atoms with E-state index < -0.39 is 22.9 Å². The number of H-pyrrole nitrogens is 1. The molecule has 1 heterocycles. The summed E-state index contributed by atoms with van der Waals surface area (Å²) in [5.41, 5.74) is -1.43. The van der Waals surface area contributed by atoms with E-state index in [4.69, 9.17) is 16.7 Å². The van der Waals surface area contributed by atoms with Gasteiger partial charge >= 0.3 is 5.97 Å². The fraction of sp³-hybridized carbons (Fsp3) is 0. The molecule has 0 radical (unpaired) electrons. The quantitative estimate of drug-likeness (QED) is 0.802. The lowest BCUT2D eigenvalue weighted by molar-refractivity contribution is 0.0695. The minimum Gasteiger partial charge on any atom is -0.477 e. The maximum Gasteiger partial charge on any atom is 0.341 e. The molecule has 0 unspecified atom stereocenters. The van der Waals surface area contributed by atoms with Crippen molar-refractivity contribution in [2.75, 3.05) is 0 Å². The van der Waals surface area contributed by atoms with Crippen LogP contribution in [0.15, 0.2) is 23.0 Å². The first-order chi connectivity index (χ1) is 7.50. The first-order valence-corrected chi connectivity index (χ1v) is 4.63. The number of pyridine rings is 1. The maximum atomic E-state index is 13.3. The number of nitrogens with one attached hydrogen (secondary N) is 1. The number of benzene rings is 1. The van der Waals surface area contributed by atoms with Crippen molar-refractivity contribution in [3.63, 3.8) is 0 Å². The Hall–Kier alpha value is -1.88. The Labute approximate surface area is 93.3 Å². The molecule has 1 aromatic carbocycles. The zero-order valence-corrected chi connectivity index (χ0v) is 8.51. The van der Waals surface area contributed by atoms with Gasteiger partial charge in [0.05, 0.1) is 10.5 Å². The van der Waals surface area contributed by atoms with Crippen molar-refractivity contribution in [3.8, 4) is 0 Å². The minimum atomic E-state index is -1.39. The Bertz CT molecular complexity index is 650. The summed E-state index contributed by atoms with van der Waals surface area (Å²) >= 11 is 5.78. The molecule has 82 valence electrons. The Morgan fingerprint density at radius 3 is 2.75 bits per heavy atom. The molecule has 0 aliphatic rings. The average molecular weight is 242 g/mol. The van der Waals surface area contributed by atoms with E-state index in [2.05, 4.69) is 4.98 Å². The second-order valence-electron chi connectivity index (χ2n) is 3.14. The number of fused-ring (bicyclic) bond motifs is 1. The maximum absolute atomic E-state index is 13.3. The summed E-state index contributed by atoms with van der Waals surface area (Å²) in [5, 5.41) is 9.07. The van der Waals surface area contributed by atoms with Gasteiger partial charge in [-0.2, -0.15) is 0 Å². The van der Waals surface area contributed by atoms with E-state index in [1.165, 1.54) is 6.07 Å². The number of halogens is 2. The van der Waals surface area contributed by atoms with Crippen molar-refractivity contribution in [2.24, 2.45) is 0 Å². The fourth-order valence-electron chi connectivity index (χ4n) is 1.39. The van der Waals surface area contributed by atoms with Gasteiger partial charge in [0.2, 0.25) is 0 Å². The van der Waals surface area contributed by atoms with Crippen molar-refractivity contribution < 1.29 is 14.3 Å². The molecule has 4 nitrogen and oxygen atoms in total. The zero-order chi connectivity index (χ0) is 11.9. The molecule has 16 heavy (non-hydrogen) atoms. The predicted molar refractivity (Wildman–Crippen MR) is 56.5 cm³/mol. The van der Waals surface area contributed by atoms with E-state index in [-0.39, 0.29) is 15.9 Å². The van der Waals surface area contributed by atoms with Gasteiger partial charge in [0.15, 0.2) is 0 Å². The van der Waals surface area contributed by atoms with Crippen molar-refractivity contribution in [2.45, 2.75) is 0 Å².